The molecule has 2 saturated heterocycles. The van der Waals surface area contributed by atoms with Crippen molar-refractivity contribution in [1.82, 2.24) is 10.2 Å². The van der Waals surface area contributed by atoms with E-state index in [0.29, 0.717) is 5.56 Å². The molecule has 2 aliphatic heterocycles. The van der Waals surface area contributed by atoms with Crippen LogP contribution in [0.5, 0.6) is 0 Å². The Morgan fingerprint density at radius 3 is 2.48 bits per heavy atom. The number of esters is 1. The van der Waals surface area contributed by atoms with Gasteiger partial charge < -0.3 is 15.0 Å². The minimum atomic E-state index is -1.80. The molecule has 1 N–H and O–H groups in total. The highest BCUT2D eigenvalue weighted by atomic mass is 32.2. The number of fused-ring (bicyclic) bond motifs is 1. The quantitative estimate of drug-likeness (QED) is 0.276. The van der Waals surface area contributed by atoms with Crippen LogP contribution < -0.4 is 5.32 Å². The second kappa shape index (κ2) is 8.74. The van der Waals surface area contributed by atoms with E-state index in [-0.39, 0.29) is 37.1 Å². The van der Waals surface area contributed by atoms with Crippen LogP contribution in [0.3, 0.4) is 0 Å². The van der Waals surface area contributed by atoms with Gasteiger partial charge in [-0.15, -0.1) is 0 Å². The molecule has 0 radical (unpaired) electrons. The van der Waals surface area contributed by atoms with Crippen LogP contribution in [0.15, 0.2) is 54.6 Å². The molecule has 11 heteroatoms. The number of carbonyl (C=O) groups is 3. The molecular weight excluding hydrogens is 450 g/mol. The number of nitrogens with one attached hydrogen (secondary N) is 1. The third-order valence-corrected chi connectivity index (χ3v) is 7.90. The van der Waals surface area contributed by atoms with Crippen molar-refractivity contribution in [3.8, 4) is 0 Å². The zero-order valence-electron chi connectivity index (χ0n) is 17.6. The number of hydrogen-bond acceptors (Lipinski definition) is 7. The number of ether oxygens (including phenoxy) is 1. The van der Waals surface area contributed by atoms with Crippen molar-refractivity contribution < 1.29 is 28.3 Å². The molecule has 2 aromatic carbocycles. The first-order chi connectivity index (χ1) is 15.7. The number of β-lactam (4-membered cyclic amide) rings is 1. The second-order valence-electron chi connectivity index (χ2n) is 8.09. The number of nitro groups is 1. The summed E-state index contributed by atoms with van der Waals surface area (Å²) in [6.07, 6.45) is 0.0819. The number of hydrogen-bond donors (Lipinski definition) is 1. The summed E-state index contributed by atoms with van der Waals surface area (Å²) in [7, 11) is -1.80. The van der Waals surface area contributed by atoms with Crippen LogP contribution in [0.25, 0.3) is 0 Å². The van der Waals surface area contributed by atoms with Crippen molar-refractivity contribution in [2.45, 2.75) is 36.1 Å². The molecule has 2 fully saturated rings. The van der Waals surface area contributed by atoms with Gasteiger partial charge in [-0.25, -0.2) is 0 Å². The summed E-state index contributed by atoms with van der Waals surface area (Å²) < 4.78 is 17.0. The van der Waals surface area contributed by atoms with Crippen LogP contribution in [0.1, 0.15) is 18.1 Å². The largest absolute Gasteiger partial charge is 0.460 e. The molecule has 2 aromatic rings. The molecule has 2 amide bonds. The molecule has 172 valence electrons. The van der Waals surface area contributed by atoms with Gasteiger partial charge in [-0.2, -0.15) is 0 Å². The number of non-ortho nitro benzene ring substituents is 1. The van der Waals surface area contributed by atoms with E-state index in [0.717, 1.165) is 5.56 Å². The molecule has 10 nitrogen and oxygen atoms in total. The summed E-state index contributed by atoms with van der Waals surface area (Å²) in [5.41, 5.74) is 1.23. The van der Waals surface area contributed by atoms with E-state index in [1.165, 1.54) is 36.1 Å². The Balaban J connectivity index is 1.37. The maximum Gasteiger partial charge on any atom is 0.326 e. The fraction of sp³-hybridized carbons (Fsp3) is 0.318. The molecule has 33 heavy (non-hydrogen) atoms. The smallest absolute Gasteiger partial charge is 0.326 e. The predicted octanol–water partition coefficient (Wildman–Crippen LogP) is 1.05. The molecule has 0 aromatic heterocycles. The van der Waals surface area contributed by atoms with Gasteiger partial charge in [0, 0.05) is 18.7 Å². The van der Waals surface area contributed by atoms with Gasteiger partial charge in [0.25, 0.3) is 5.69 Å². The zero-order valence-corrected chi connectivity index (χ0v) is 18.4. The lowest BCUT2D eigenvalue weighted by atomic mass is 10.0. The van der Waals surface area contributed by atoms with E-state index < -0.39 is 37.9 Å². The van der Waals surface area contributed by atoms with Crippen LogP contribution in [0.2, 0.25) is 0 Å². The molecule has 0 spiro atoms. The molecule has 2 aliphatic rings. The summed E-state index contributed by atoms with van der Waals surface area (Å²) in [5, 5.41) is 12.6. The first-order valence-electron chi connectivity index (χ1n) is 10.2. The number of benzene rings is 2. The summed E-state index contributed by atoms with van der Waals surface area (Å²) in [6.45, 7) is 1.24. The van der Waals surface area contributed by atoms with Crippen LogP contribution in [0.4, 0.5) is 5.69 Å². The Morgan fingerprint density at radius 2 is 1.85 bits per heavy atom. The second-order valence-corrected chi connectivity index (χ2v) is 10.1. The van der Waals surface area contributed by atoms with Gasteiger partial charge in [-0.1, -0.05) is 30.3 Å². The highest BCUT2D eigenvalue weighted by molar-refractivity contribution is 7.88. The lowest BCUT2D eigenvalue weighted by molar-refractivity contribution is -0.384. The van der Waals surface area contributed by atoms with Crippen LogP contribution in [-0.2, 0) is 42.9 Å². The predicted molar refractivity (Wildman–Crippen MR) is 117 cm³/mol. The van der Waals surface area contributed by atoms with E-state index in [1.54, 1.807) is 24.3 Å². The minimum Gasteiger partial charge on any atom is -0.460 e. The summed E-state index contributed by atoms with van der Waals surface area (Å²) in [5.74, 6) is -1.50. The van der Waals surface area contributed by atoms with E-state index in [2.05, 4.69) is 5.32 Å². The van der Waals surface area contributed by atoms with E-state index in [9.17, 15) is 28.7 Å². The Labute approximate surface area is 191 Å². The van der Waals surface area contributed by atoms with Gasteiger partial charge in [-0.3, -0.25) is 28.7 Å². The van der Waals surface area contributed by atoms with Crippen LogP contribution >= 0.6 is 0 Å². The number of nitro benzene ring substituents is 1. The fourth-order valence-corrected chi connectivity index (χ4v) is 5.75. The molecule has 0 saturated carbocycles. The maximum atomic E-state index is 13.1. The van der Waals surface area contributed by atoms with E-state index >= 15 is 0 Å². The molecule has 0 bridgehead atoms. The molecule has 2 heterocycles. The van der Waals surface area contributed by atoms with E-state index in [1.807, 2.05) is 6.07 Å². The molecule has 1 unspecified atom stereocenters. The summed E-state index contributed by atoms with van der Waals surface area (Å²) in [4.78, 5) is 49.2. The Hall–Kier alpha value is -3.60. The Kier molecular flexibility index (Phi) is 5.98. The monoisotopic (exact) mass is 471 g/mol. The van der Waals surface area contributed by atoms with Crippen molar-refractivity contribution in [2.24, 2.45) is 0 Å². The third-order valence-electron chi connectivity index (χ3n) is 5.75. The zero-order chi connectivity index (χ0) is 23.8. The van der Waals surface area contributed by atoms with Crippen molar-refractivity contribution in [3.63, 3.8) is 0 Å². The average molecular weight is 471 g/mol. The highest BCUT2D eigenvalue weighted by Gasteiger charge is 2.65. The lowest BCUT2D eigenvalue weighted by Gasteiger charge is -2.41. The van der Waals surface area contributed by atoms with Crippen molar-refractivity contribution in [2.75, 3.05) is 6.54 Å². The van der Waals surface area contributed by atoms with Gasteiger partial charge >= 0.3 is 5.97 Å². The van der Waals surface area contributed by atoms with E-state index in [4.69, 9.17) is 4.74 Å². The maximum absolute atomic E-state index is 13.1. The lowest BCUT2D eigenvalue weighted by Crippen LogP contribution is -2.69. The van der Waals surface area contributed by atoms with Gasteiger partial charge in [0.05, 0.1) is 22.1 Å². The average Bonchev–Trinajstić information content (AvgIpc) is 3.05. The highest BCUT2D eigenvalue weighted by Crippen LogP contribution is 2.39. The Morgan fingerprint density at radius 1 is 1.18 bits per heavy atom. The van der Waals surface area contributed by atoms with Gasteiger partial charge in [-0.05, 0) is 30.2 Å². The standard InChI is InChI=1S/C22H21N3O7S/c1-22(21(28)32-12-15-7-9-16(10-8-15)25(29)30)13-24-19(27)18(20(24)33(22)31)23-17(26)11-14-5-3-2-4-6-14/h2-10,18,20H,11-13H2,1H3,(H,23,26)/t18-,20-,22-,33?/m1/s1. The molecule has 0 aliphatic carbocycles. The normalized spacial score (nSPS) is 25.7. The van der Waals surface area contributed by atoms with Crippen molar-refractivity contribution >= 4 is 34.3 Å². The Bertz CT molecular complexity index is 1140. The van der Waals surface area contributed by atoms with Gasteiger partial charge in [0.2, 0.25) is 11.8 Å². The summed E-state index contributed by atoms with van der Waals surface area (Å²) in [6, 6.07) is 13.6. The van der Waals surface area contributed by atoms with Crippen LogP contribution in [-0.4, -0.2) is 54.5 Å². The number of rotatable bonds is 7. The molecule has 4 rings (SSSR count). The fourth-order valence-electron chi connectivity index (χ4n) is 3.89. The topological polar surface area (TPSA) is 136 Å². The first-order valence-corrected chi connectivity index (χ1v) is 11.4. The van der Waals surface area contributed by atoms with Crippen molar-refractivity contribution in [3.05, 3.63) is 75.8 Å². The molecular formula is C22H21N3O7S. The first kappa shape index (κ1) is 22.6. The van der Waals surface area contributed by atoms with Gasteiger partial charge in [0.15, 0.2) is 4.75 Å². The summed E-state index contributed by atoms with van der Waals surface area (Å²) >= 11 is 0. The van der Waals surface area contributed by atoms with Crippen LogP contribution in [0, 0.1) is 10.1 Å². The minimum absolute atomic E-state index is 0.0761. The SMILES string of the molecule is C[C@]1(C(=O)OCc2ccc([N+](=O)[O-])cc2)CN2C(=O)[C@@H](NC(=O)Cc3ccccc3)[C@H]2S1=O. The van der Waals surface area contributed by atoms with Gasteiger partial charge in [0.1, 0.15) is 18.0 Å². The number of amides is 2. The number of nitrogens with zero attached hydrogens (tertiary/aromatic N) is 2. The third kappa shape index (κ3) is 4.23. The van der Waals surface area contributed by atoms with Crippen molar-refractivity contribution in [1.29, 1.82) is 0 Å². The number of carbonyl (C=O) groups excluding carboxylic acids is 3. The molecule has 4 atom stereocenters.